The van der Waals surface area contributed by atoms with Crippen molar-refractivity contribution >= 4 is 17.5 Å². The lowest BCUT2D eigenvalue weighted by Gasteiger charge is -2.18. The average Bonchev–Trinajstić information content (AvgIpc) is 2.64. The molecule has 0 saturated carbocycles. The van der Waals surface area contributed by atoms with Gasteiger partial charge in [0.05, 0.1) is 22.9 Å². The summed E-state index contributed by atoms with van der Waals surface area (Å²) in [6.45, 7) is 8.88. The molecule has 2 aromatic rings. The van der Waals surface area contributed by atoms with E-state index in [0.29, 0.717) is 35.7 Å². The molecule has 2 rings (SSSR count). The van der Waals surface area contributed by atoms with Crippen molar-refractivity contribution in [2.24, 2.45) is 0 Å². The number of nitrogens with zero attached hydrogens (tertiary/aromatic N) is 2. The van der Waals surface area contributed by atoms with Gasteiger partial charge in [-0.3, -0.25) is 14.6 Å². The molecule has 1 heterocycles. The molecule has 6 heteroatoms. The van der Waals surface area contributed by atoms with Crippen LogP contribution in [0.3, 0.4) is 0 Å². The first-order valence-electron chi connectivity index (χ1n) is 8.77. The predicted molar refractivity (Wildman–Crippen MR) is 102 cm³/mol. The molecule has 0 saturated heterocycles. The van der Waals surface area contributed by atoms with Gasteiger partial charge >= 0.3 is 0 Å². The minimum Gasteiger partial charge on any atom is -0.489 e. The van der Waals surface area contributed by atoms with Crippen molar-refractivity contribution in [3.05, 3.63) is 53.9 Å². The number of hydrogen-bond donors (Lipinski definition) is 1. The number of anilines is 1. The van der Waals surface area contributed by atoms with Gasteiger partial charge in [0.25, 0.3) is 11.8 Å². The molecule has 0 aliphatic rings. The quantitative estimate of drug-likeness (QED) is 0.824. The highest BCUT2D eigenvalue weighted by molar-refractivity contribution is 6.06. The number of para-hydroxylation sites is 2. The molecular formula is C20H25N3O3. The van der Waals surface area contributed by atoms with Gasteiger partial charge in [-0.25, -0.2) is 0 Å². The van der Waals surface area contributed by atoms with Crippen molar-refractivity contribution in [3.63, 3.8) is 0 Å². The molecule has 1 aromatic heterocycles. The van der Waals surface area contributed by atoms with E-state index < -0.39 is 0 Å². The summed E-state index contributed by atoms with van der Waals surface area (Å²) in [6.07, 6.45) is 2.91. The van der Waals surface area contributed by atoms with E-state index in [4.69, 9.17) is 4.74 Å². The number of carbonyl (C=O) groups excluding carboxylic acids is 2. The van der Waals surface area contributed by atoms with Crippen LogP contribution in [-0.2, 0) is 0 Å². The molecule has 6 nitrogen and oxygen atoms in total. The zero-order chi connectivity index (χ0) is 19.1. The molecule has 0 aliphatic heterocycles. The van der Waals surface area contributed by atoms with E-state index in [9.17, 15) is 9.59 Å². The predicted octanol–water partition coefficient (Wildman–Crippen LogP) is 3.60. The Morgan fingerprint density at radius 2 is 1.77 bits per heavy atom. The second-order valence-corrected chi connectivity index (χ2v) is 6.06. The first kappa shape index (κ1) is 19.4. The minimum atomic E-state index is -0.341. The highest BCUT2D eigenvalue weighted by atomic mass is 16.5. The summed E-state index contributed by atoms with van der Waals surface area (Å²) in [5.74, 6) is 0.117. The Morgan fingerprint density at radius 1 is 1.12 bits per heavy atom. The van der Waals surface area contributed by atoms with E-state index in [0.717, 1.165) is 0 Å². The Hall–Kier alpha value is -2.89. The van der Waals surface area contributed by atoms with Crippen molar-refractivity contribution in [2.75, 3.05) is 18.4 Å². The fraction of sp³-hybridized carbons (Fsp3) is 0.350. The van der Waals surface area contributed by atoms with Gasteiger partial charge < -0.3 is 15.0 Å². The normalized spacial score (nSPS) is 10.5. The van der Waals surface area contributed by atoms with Crippen molar-refractivity contribution in [1.29, 1.82) is 0 Å². The average molecular weight is 355 g/mol. The van der Waals surface area contributed by atoms with Gasteiger partial charge in [-0.05, 0) is 45.9 Å². The lowest BCUT2D eigenvalue weighted by atomic mass is 10.1. The maximum atomic E-state index is 12.6. The zero-order valence-electron chi connectivity index (χ0n) is 15.7. The molecule has 2 amide bonds. The molecule has 0 bridgehead atoms. The number of hydrogen-bond acceptors (Lipinski definition) is 4. The molecule has 1 aromatic carbocycles. The minimum absolute atomic E-state index is 0.00950. The molecule has 26 heavy (non-hydrogen) atoms. The van der Waals surface area contributed by atoms with Gasteiger partial charge in [-0.15, -0.1) is 0 Å². The van der Waals surface area contributed by atoms with E-state index in [1.165, 1.54) is 12.4 Å². The van der Waals surface area contributed by atoms with Crippen molar-refractivity contribution in [2.45, 2.75) is 33.8 Å². The van der Waals surface area contributed by atoms with Gasteiger partial charge in [-0.2, -0.15) is 0 Å². The summed E-state index contributed by atoms with van der Waals surface area (Å²) in [7, 11) is 0. The van der Waals surface area contributed by atoms with Crippen LogP contribution in [-0.4, -0.2) is 40.9 Å². The third kappa shape index (κ3) is 4.81. The first-order valence-corrected chi connectivity index (χ1v) is 8.77. The summed E-state index contributed by atoms with van der Waals surface area (Å²) in [5.41, 5.74) is 1.29. The Balaban J connectivity index is 2.21. The Bertz CT molecular complexity index is 770. The highest BCUT2D eigenvalue weighted by Crippen LogP contribution is 2.25. The summed E-state index contributed by atoms with van der Waals surface area (Å²) in [5, 5.41) is 2.83. The summed E-state index contributed by atoms with van der Waals surface area (Å²) in [4.78, 5) is 30.8. The molecule has 0 radical (unpaired) electrons. The molecule has 0 atom stereocenters. The number of nitrogens with one attached hydrogen (secondary N) is 1. The van der Waals surface area contributed by atoms with Crippen molar-refractivity contribution in [1.82, 2.24) is 9.88 Å². The largest absolute Gasteiger partial charge is 0.489 e. The number of rotatable bonds is 7. The van der Waals surface area contributed by atoms with Crippen LogP contribution in [0.1, 0.15) is 48.4 Å². The second kappa shape index (κ2) is 8.99. The molecule has 0 spiro atoms. The number of pyridine rings is 1. The monoisotopic (exact) mass is 355 g/mol. The summed E-state index contributed by atoms with van der Waals surface area (Å²) in [6, 6.07) is 8.80. The molecule has 0 fully saturated rings. The Kier molecular flexibility index (Phi) is 6.72. The van der Waals surface area contributed by atoms with Crippen LogP contribution >= 0.6 is 0 Å². The first-order chi connectivity index (χ1) is 12.5. The summed E-state index contributed by atoms with van der Waals surface area (Å²) < 4.78 is 5.71. The van der Waals surface area contributed by atoms with Crippen LogP contribution in [0.2, 0.25) is 0 Å². The second-order valence-electron chi connectivity index (χ2n) is 6.06. The van der Waals surface area contributed by atoms with Gasteiger partial charge in [0.2, 0.25) is 0 Å². The Morgan fingerprint density at radius 3 is 2.42 bits per heavy atom. The topological polar surface area (TPSA) is 71.5 Å². The Labute approximate surface area is 154 Å². The third-order valence-electron chi connectivity index (χ3n) is 3.80. The SMILES string of the molecule is CCN(CC)C(=O)c1cncc(C(=O)Nc2ccccc2OC(C)C)c1. The number of aromatic nitrogens is 1. The van der Waals surface area contributed by atoms with Crippen LogP contribution in [0.5, 0.6) is 5.75 Å². The van der Waals surface area contributed by atoms with Crippen LogP contribution in [0, 0.1) is 0 Å². The van der Waals surface area contributed by atoms with Crippen LogP contribution < -0.4 is 10.1 Å². The molecular weight excluding hydrogens is 330 g/mol. The van der Waals surface area contributed by atoms with Crippen molar-refractivity contribution < 1.29 is 14.3 Å². The maximum Gasteiger partial charge on any atom is 0.257 e. The van der Waals surface area contributed by atoms with Crippen molar-refractivity contribution in [3.8, 4) is 5.75 Å². The molecule has 138 valence electrons. The third-order valence-corrected chi connectivity index (χ3v) is 3.80. The summed E-state index contributed by atoms with van der Waals surface area (Å²) >= 11 is 0. The van der Waals surface area contributed by atoms with E-state index in [1.807, 2.05) is 39.8 Å². The zero-order valence-corrected chi connectivity index (χ0v) is 15.7. The van der Waals surface area contributed by atoms with Gasteiger partial charge in [0, 0.05) is 25.5 Å². The maximum absolute atomic E-state index is 12.6. The van der Waals surface area contributed by atoms with Crippen LogP contribution in [0.15, 0.2) is 42.7 Å². The van der Waals surface area contributed by atoms with E-state index in [2.05, 4.69) is 10.3 Å². The standard InChI is InChI=1S/C20H25N3O3/c1-5-23(6-2)20(25)16-11-15(12-21-13-16)19(24)22-17-9-7-8-10-18(17)26-14(3)4/h7-14H,5-6H2,1-4H3,(H,22,24). The molecule has 0 unspecified atom stereocenters. The lowest BCUT2D eigenvalue weighted by molar-refractivity contribution is 0.0772. The smallest absolute Gasteiger partial charge is 0.257 e. The van der Waals surface area contributed by atoms with Crippen LogP contribution in [0.4, 0.5) is 5.69 Å². The number of amides is 2. The lowest BCUT2D eigenvalue weighted by Crippen LogP contribution is -2.30. The molecule has 0 aliphatic carbocycles. The molecule has 1 N–H and O–H groups in total. The number of carbonyl (C=O) groups is 2. The van der Waals surface area contributed by atoms with Gasteiger partial charge in [0.1, 0.15) is 5.75 Å². The van der Waals surface area contributed by atoms with E-state index in [1.54, 1.807) is 23.1 Å². The number of benzene rings is 1. The fourth-order valence-electron chi connectivity index (χ4n) is 2.50. The number of ether oxygens (including phenoxy) is 1. The van der Waals surface area contributed by atoms with E-state index >= 15 is 0 Å². The highest BCUT2D eigenvalue weighted by Gasteiger charge is 2.16. The van der Waals surface area contributed by atoms with Gasteiger partial charge in [0.15, 0.2) is 0 Å². The van der Waals surface area contributed by atoms with Crippen LogP contribution in [0.25, 0.3) is 0 Å². The van der Waals surface area contributed by atoms with Gasteiger partial charge in [-0.1, -0.05) is 12.1 Å². The fourth-order valence-corrected chi connectivity index (χ4v) is 2.50. The van der Waals surface area contributed by atoms with E-state index in [-0.39, 0.29) is 17.9 Å².